The molecule has 0 bridgehead atoms. The van der Waals surface area contributed by atoms with Gasteiger partial charge in [-0.1, -0.05) is 35.8 Å². The van der Waals surface area contributed by atoms with E-state index in [-0.39, 0.29) is 22.7 Å². The van der Waals surface area contributed by atoms with Gasteiger partial charge < -0.3 is 4.74 Å². The Morgan fingerprint density at radius 2 is 1.92 bits per heavy atom. The van der Waals surface area contributed by atoms with Crippen LogP contribution < -0.4 is 4.72 Å². The minimum atomic E-state index is -3.63. The number of rotatable bonds is 5. The van der Waals surface area contributed by atoms with Gasteiger partial charge in [-0.2, -0.15) is 0 Å². The highest BCUT2D eigenvalue weighted by Crippen LogP contribution is 2.29. The first-order valence-electron chi connectivity index (χ1n) is 8.50. The Kier molecular flexibility index (Phi) is 5.38. The number of aromatic nitrogens is 3. The summed E-state index contributed by atoms with van der Waals surface area (Å²) in [5, 5.41) is 7.83. The zero-order valence-corrected chi connectivity index (χ0v) is 15.6. The maximum atomic E-state index is 12.7. The Bertz CT molecular complexity index is 876. The molecule has 1 heterocycles. The van der Waals surface area contributed by atoms with Crippen molar-refractivity contribution in [1.29, 1.82) is 0 Å². The first kappa shape index (κ1) is 18.5. The fraction of sp³-hybridized carbons (Fsp3) is 0.471. The van der Waals surface area contributed by atoms with Gasteiger partial charge >= 0.3 is 5.97 Å². The summed E-state index contributed by atoms with van der Waals surface area (Å²) in [7, 11) is -2.36. The fourth-order valence-electron chi connectivity index (χ4n) is 3.19. The van der Waals surface area contributed by atoms with Gasteiger partial charge in [-0.05, 0) is 31.9 Å². The third-order valence-corrected chi connectivity index (χ3v) is 6.12. The van der Waals surface area contributed by atoms with Crippen molar-refractivity contribution in [2.24, 2.45) is 0 Å². The number of nitrogens with zero attached hydrogens (tertiary/aromatic N) is 3. The number of aryl methyl sites for hydroxylation is 1. The summed E-state index contributed by atoms with van der Waals surface area (Å²) >= 11 is 0. The summed E-state index contributed by atoms with van der Waals surface area (Å²) in [5.41, 5.74) is 1.11. The fourth-order valence-corrected chi connectivity index (χ4v) is 4.49. The molecule has 1 N–H and O–H groups in total. The number of carbonyl (C=O) groups is 1. The molecule has 0 saturated heterocycles. The second-order valence-electron chi connectivity index (χ2n) is 6.47. The monoisotopic (exact) mass is 378 g/mol. The van der Waals surface area contributed by atoms with Gasteiger partial charge in [-0.25, -0.2) is 22.6 Å². The van der Waals surface area contributed by atoms with Crippen LogP contribution in [-0.4, -0.2) is 42.5 Å². The van der Waals surface area contributed by atoms with E-state index in [9.17, 15) is 13.2 Å². The molecule has 9 heteroatoms. The molecule has 1 aromatic carbocycles. The summed E-state index contributed by atoms with van der Waals surface area (Å²) < 4.78 is 34.4. The van der Waals surface area contributed by atoms with Crippen LogP contribution in [0, 0.1) is 6.92 Å². The van der Waals surface area contributed by atoms with E-state index < -0.39 is 16.0 Å². The van der Waals surface area contributed by atoms with Crippen molar-refractivity contribution in [2.75, 3.05) is 7.11 Å². The Hall–Kier alpha value is -2.26. The minimum absolute atomic E-state index is 0.109. The zero-order chi connectivity index (χ0) is 18.7. The molecule has 0 amide bonds. The van der Waals surface area contributed by atoms with Crippen LogP contribution in [0.2, 0.25) is 0 Å². The maximum absolute atomic E-state index is 12.7. The molecule has 1 fully saturated rings. The lowest BCUT2D eigenvalue weighted by Gasteiger charge is -2.31. The van der Waals surface area contributed by atoms with E-state index in [0.717, 1.165) is 24.8 Å². The van der Waals surface area contributed by atoms with Crippen molar-refractivity contribution >= 4 is 16.0 Å². The number of carbonyl (C=O) groups excluding carboxylic acids is 1. The number of ether oxygens (including phenoxy) is 1. The third-order valence-electron chi connectivity index (χ3n) is 4.61. The van der Waals surface area contributed by atoms with E-state index >= 15 is 0 Å². The van der Waals surface area contributed by atoms with Gasteiger partial charge in [0.05, 0.1) is 24.2 Å². The van der Waals surface area contributed by atoms with E-state index in [1.165, 1.54) is 13.3 Å². The van der Waals surface area contributed by atoms with Crippen molar-refractivity contribution in [3.05, 3.63) is 41.7 Å². The summed E-state index contributed by atoms with van der Waals surface area (Å²) in [6, 6.07) is 6.22. The Morgan fingerprint density at radius 3 is 2.62 bits per heavy atom. The van der Waals surface area contributed by atoms with Crippen molar-refractivity contribution < 1.29 is 17.9 Å². The third kappa shape index (κ3) is 3.94. The lowest BCUT2D eigenvalue weighted by Crippen LogP contribution is -2.43. The number of sulfonamides is 1. The zero-order valence-electron chi connectivity index (χ0n) is 14.8. The number of methoxy groups -OCH3 is 1. The predicted octanol–water partition coefficient (Wildman–Crippen LogP) is 1.84. The summed E-state index contributed by atoms with van der Waals surface area (Å²) in [6.07, 6.45) is 4.85. The highest BCUT2D eigenvalue weighted by Gasteiger charge is 2.32. The van der Waals surface area contributed by atoms with Gasteiger partial charge in [0.2, 0.25) is 10.0 Å². The molecule has 3 rings (SSSR count). The molecule has 1 aromatic heterocycles. The SMILES string of the molecule is COC(=O)c1cn(C2CCCCC2NS(=O)(=O)c2ccc(C)cc2)nn1. The quantitative estimate of drug-likeness (QED) is 0.796. The molecule has 2 unspecified atom stereocenters. The second-order valence-corrected chi connectivity index (χ2v) is 8.18. The molecule has 2 atom stereocenters. The highest BCUT2D eigenvalue weighted by molar-refractivity contribution is 7.89. The first-order valence-corrected chi connectivity index (χ1v) is 9.98. The summed E-state index contributed by atoms with van der Waals surface area (Å²) in [5.74, 6) is -0.566. The average Bonchev–Trinajstić information content (AvgIpc) is 3.11. The van der Waals surface area contributed by atoms with E-state index in [4.69, 9.17) is 0 Å². The molecular weight excluding hydrogens is 356 g/mol. The number of nitrogens with one attached hydrogen (secondary N) is 1. The highest BCUT2D eigenvalue weighted by atomic mass is 32.2. The second kappa shape index (κ2) is 7.55. The molecule has 1 saturated carbocycles. The van der Waals surface area contributed by atoms with Gasteiger partial charge in [-0.3, -0.25) is 0 Å². The molecule has 0 aliphatic heterocycles. The molecule has 140 valence electrons. The average molecular weight is 378 g/mol. The normalized spacial score (nSPS) is 20.7. The molecule has 0 radical (unpaired) electrons. The van der Waals surface area contributed by atoms with Crippen LogP contribution in [0.15, 0.2) is 35.4 Å². The van der Waals surface area contributed by atoms with Crippen molar-refractivity contribution in [3.8, 4) is 0 Å². The Morgan fingerprint density at radius 1 is 1.23 bits per heavy atom. The molecule has 1 aliphatic carbocycles. The van der Waals surface area contributed by atoms with Gasteiger partial charge in [-0.15, -0.1) is 5.10 Å². The topological polar surface area (TPSA) is 103 Å². The lowest BCUT2D eigenvalue weighted by molar-refractivity contribution is 0.0594. The predicted molar refractivity (Wildman–Crippen MR) is 94.2 cm³/mol. The van der Waals surface area contributed by atoms with Gasteiger partial charge in [0.25, 0.3) is 0 Å². The van der Waals surface area contributed by atoms with E-state index in [1.807, 2.05) is 6.92 Å². The largest absolute Gasteiger partial charge is 0.464 e. The molecular formula is C17H22N4O4S. The molecule has 2 aromatic rings. The lowest BCUT2D eigenvalue weighted by atomic mass is 9.91. The van der Waals surface area contributed by atoms with E-state index in [1.54, 1.807) is 28.9 Å². The number of esters is 1. The van der Waals surface area contributed by atoms with Crippen molar-refractivity contribution in [1.82, 2.24) is 19.7 Å². The van der Waals surface area contributed by atoms with Crippen LogP contribution in [0.3, 0.4) is 0 Å². The molecule has 8 nitrogen and oxygen atoms in total. The van der Waals surface area contributed by atoms with Gasteiger partial charge in [0.1, 0.15) is 0 Å². The van der Waals surface area contributed by atoms with Gasteiger partial charge in [0, 0.05) is 6.04 Å². The van der Waals surface area contributed by atoms with Crippen LogP contribution >= 0.6 is 0 Å². The Labute approximate surface area is 152 Å². The van der Waals surface area contributed by atoms with E-state index in [0.29, 0.717) is 6.42 Å². The standard InChI is InChI=1S/C17H22N4O4S/c1-12-7-9-13(10-8-12)26(23,24)19-14-5-3-4-6-16(14)21-11-15(18-20-21)17(22)25-2/h7-11,14,16,19H,3-6H2,1-2H3. The number of benzene rings is 1. The maximum Gasteiger partial charge on any atom is 0.360 e. The Balaban J connectivity index is 1.82. The summed E-state index contributed by atoms with van der Waals surface area (Å²) in [4.78, 5) is 11.8. The van der Waals surface area contributed by atoms with Crippen molar-refractivity contribution in [2.45, 2.75) is 49.6 Å². The van der Waals surface area contributed by atoms with Crippen LogP contribution in [0.5, 0.6) is 0 Å². The minimum Gasteiger partial charge on any atom is -0.464 e. The van der Waals surface area contributed by atoms with Gasteiger partial charge in [0.15, 0.2) is 5.69 Å². The molecule has 26 heavy (non-hydrogen) atoms. The van der Waals surface area contributed by atoms with Crippen LogP contribution in [0.1, 0.15) is 47.8 Å². The van der Waals surface area contributed by atoms with Crippen LogP contribution in [-0.2, 0) is 14.8 Å². The number of hydrogen-bond acceptors (Lipinski definition) is 6. The molecule has 1 aliphatic rings. The number of hydrogen-bond donors (Lipinski definition) is 1. The van der Waals surface area contributed by atoms with E-state index in [2.05, 4.69) is 19.8 Å². The van der Waals surface area contributed by atoms with Crippen LogP contribution in [0.25, 0.3) is 0 Å². The first-order chi connectivity index (χ1) is 12.4. The molecule has 0 spiro atoms. The van der Waals surface area contributed by atoms with Crippen LogP contribution in [0.4, 0.5) is 0 Å². The smallest absolute Gasteiger partial charge is 0.360 e. The summed E-state index contributed by atoms with van der Waals surface area (Å²) in [6.45, 7) is 1.91. The van der Waals surface area contributed by atoms with Crippen molar-refractivity contribution in [3.63, 3.8) is 0 Å².